The van der Waals surface area contributed by atoms with Gasteiger partial charge in [-0.15, -0.1) is 0 Å². The van der Waals surface area contributed by atoms with Crippen molar-refractivity contribution in [1.29, 1.82) is 0 Å². The van der Waals surface area contributed by atoms with Gasteiger partial charge in [0.2, 0.25) is 16.0 Å². The van der Waals surface area contributed by atoms with Crippen molar-refractivity contribution in [2.24, 2.45) is 0 Å². The molecule has 214 valence electrons. The highest BCUT2D eigenvalue weighted by molar-refractivity contribution is 7.92. The number of carboxylic acid groups (broad SMARTS) is 1. The predicted octanol–water partition coefficient (Wildman–Crippen LogP) is 5.60. The van der Waals surface area contributed by atoms with Crippen molar-refractivity contribution in [3.63, 3.8) is 0 Å². The van der Waals surface area contributed by atoms with E-state index in [-0.39, 0.29) is 31.1 Å². The van der Waals surface area contributed by atoms with Gasteiger partial charge in [-0.1, -0.05) is 25.1 Å². The Morgan fingerprint density at radius 2 is 1.88 bits per heavy atom. The van der Waals surface area contributed by atoms with Crippen LogP contribution >= 0.6 is 0 Å². The quantitative estimate of drug-likeness (QED) is 0.292. The summed E-state index contributed by atoms with van der Waals surface area (Å²) in [5, 5.41) is 13.0. The molecule has 1 aliphatic heterocycles. The monoisotopic (exact) mass is 581 g/mol. The molecule has 2 atom stereocenters. The number of para-hydroxylation sites is 1. The summed E-state index contributed by atoms with van der Waals surface area (Å²) in [6, 6.07) is 15.9. The molecule has 2 unspecified atom stereocenters. The lowest BCUT2D eigenvalue weighted by molar-refractivity contribution is 0.102. The first-order valence-corrected chi connectivity index (χ1v) is 14.9. The Labute approximate surface area is 236 Å². The first kappa shape index (κ1) is 28.2. The molecule has 9 nitrogen and oxygen atoms in total. The maximum absolute atomic E-state index is 15.5. The molecule has 0 spiro atoms. The standard InChI is InChI=1S/C29H29F2N5O4S/c1-3-18-11-19(25-10-9-24(14-26(25)31)36(41(2,39)40)23-7-5-4-6-8-23)12-20-15-32-28(34-27(18)20)33-22-13-21(30)16-35(17-22)29(37)38/h4-12,14-15,21-22H,3,13,16-17H2,1-2H3,(H,37,38)(H,32,33,34). The molecule has 4 aromatic rings. The van der Waals surface area contributed by atoms with Crippen LogP contribution in [0.1, 0.15) is 18.9 Å². The molecule has 5 rings (SSSR count). The number of sulfonamides is 1. The van der Waals surface area contributed by atoms with E-state index in [0.29, 0.717) is 34.1 Å². The van der Waals surface area contributed by atoms with Crippen LogP contribution in [0, 0.1) is 5.82 Å². The number of carbonyl (C=O) groups is 1. The number of aryl methyl sites for hydroxylation is 1. The number of rotatable bonds is 7. The molecular weight excluding hydrogens is 552 g/mol. The molecule has 1 fully saturated rings. The number of piperidine rings is 1. The largest absolute Gasteiger partial charge is 0.465 e. The van der Waals surface area contributed by atoms with E-state index in [0.717, 1.165) is 21.0 Å². The number of nitrogens with one attached hydrogen (secondary N) is 1. The van der Waals surface area contributed by atoms with E-state index >= 15 is 4.39 Å². The van der Waals surface area contributed by atoms with Crippen molar-refractivity contribution in [2.75, 3.05) is 29.0 Å². The summed E-state index contributed by atoms with van der Waals surface area (Å²) in [5.41, 5.74) is 2.91. The second-order valence-corrected chi connectivity index (χ2v) is 11.8. The van der Waals surface area contributed by atoms with Crippen molar-refractivity contribution >= 4 is 44.3 Å². The SMILES string of the molecule is CCc1cc(-c2ccc(N(c3ccccc3)S(C)(=O)=O)cc2F)cc2cnc(NC3CC(F)CN(C(=O)O)C3)nc12. The number of hydrogen-bond acceptors (Lipinski definition) is 6. The smallest absolute Gasteiger partial charge is 0.407 e. The molecule has 1 aliphatic rings. The second-order valence-electron chi connectivity index (χ2n) is 10.0. The average molecular weight is 582 g/mol. The zero-order valence-corrected chi connectivity index (χ0v) is 23.3. The molecule has 12 heteroatoms. The number of anilines is 3. The van der Waals surface area contributed by atoms with Crippen LogP contribution in [0.2, 0.25) is 0 Å². The van der Waals surface area contributed by atoms with Crippen molar-refractivity contribution in [3.8, 4) is 11.1 Å². The van der Waals surface area contributed by atoms with Crippen LogP contribution in [0.25, 0.3) is 22.0 Å². The van der Waals surface area contributed by atoms with Crippen molar-refractivity contribution in [3.05, 3.63) is 78.2 Å². The summed E-state index contributed by atoms with van der Waals surface area (Å²) in [4.78, 5) is 21.3. The summed E-state index contributed by atoms with van der Waals surface area (Å²) in [7, 11) is -3.74. The second kappa shape index (κ2) is 11.3. The molecule has 2 heterocycles. The first-order valence-electron chi connectivity index (χ1n) is 13.1. The minimum Gasteiger partial charge on any atom is -0.465 e. The highest BCUT2D eigenvalue weighted by Gasteiger charge is 2.30. The molecule has 1 aromatic heterocycles. The summed E-state index contributed by atoms with van der Waals surface area (Å²) in [5.74, 6) is -0.338. The van der Waals surface area contributed by atoms with Gasteiger partial charge in [0.1, 0.15) is 12.0 Å². The van der Waals surface area contributed by atoms with E-state index < -0.39 is 34.1 Å². The predicted molar refractivity (Wildman–Crippen MR) is 154 cm³/mol. The Bertz CT molecular complexity index is 1700. The Morgan fingerprint density at radius 1 is 1.12 bits per heavy atom. The maximum atomic E-state index is 15.5. The van der Waals surface area contributed by atoms with Gasteiger partial charge in [-0.3, -0.25) is 0 Å². The van der Waals surface area contributed by atoms with Crippen molar-refractivity contribution < 1.29 is 27.1 Å². The minimum absolute atomic E-state index is 0.118. The molecule has 0 radical (unpaired) electrons. The Morgan fingerprint density at radius 3 is 2.54 bits per heavy atom. The van der Waals surface area contributed by atoms with E-state index in [2.05, 4.69) is 15.3 Å². The van der Waals surface area contributed by atoms with E-state index in [9.17, 15) is 22.7 Å². The van der Waals surface area contributed by atoms with Crippen LogP contribution in [0.4, 0.5) is 30.9 Å². The number of aromatic nitrogens is 2. The molecule has 1 amide bonds. The summed E-state index contributed by atoms with van der Waals surface area (Å²) in [6.07, 6.45) is 0.914. The van der Waals surface area contributed by atoms with Gasteiger partial charge in [0.15, 0.2) is 0 Å². The van der Waals surface area contributed by atoms with Gasteiger partial charge >= 0.3 is 6.09 Å². The molecule has 0 bridgehead atoms. The maximum Gasteiger partial charge on any atom is 0.407 e. The van der Waals surface area contributed by atoms with Crippen LogP contribution in [0.5, 0.6) is 0 Å². The van der Waals surface area contributed by atoms with E-state index in [4.69, 9.17) is 0 Å². The van der Waals surface area contributed by atoms with Crippen LogP contribution in [0.3, 0.4) is 0 Å². The van der Waals surface area contributed by atoms with Crippen LogP contribution in [-0.2, 0) is 16.4 Å². The fourth-order valence-electron chi connectivity index (χ4n) is 5.15. The van der Waals surface area contributed by atoms with E-state index in [1.165, 1.54) is 6.07 Å². The Kier molecular flexibility index (Phi) is 7.76. The van der Waals surface area contributed by atoms with Crippen LogP contribution in [-0.4, -0.2) is 66.0 Å². The third-order valence-electron chi connectivity index (χ3n) is 6.97. The van der Waals surface area contributed by atoms with Gasteiger partial charge < -0.3 is 15.3 Å². The number of amides is 1. The van der Waals surface area contributed by atoms with Gasteiger partial charge in [-0.05, 0) is 60.0 Å². The van der Waals surface area contributed by atoms with Gasteiger partial charge in [-0.2, -0.15) is 0 Å². The topological polar surface area (TPSA) is 116 Å². The normalized spacial score (nSPS) is 17.4. The molecule has 0 saturated carbocycles. The molecule has 3 aromatic carbocycles. The minimum atomic E-state index is -3.74. The number of hydrogen-bond donors (Lipinski definition) is 2. The average Bonchev–Trinajstić information content (AvgIpc) is 2.92. The fraction of sp³-hybridized carbons (Fsp3) is 0.276. The third kappa shape index (κ3) is 6.07. The summed E-state index contributed by atoms with van der Waals surface area (Å²) >= 11 is 0. The zero-order chi connectivity index (χ0) is 29.3. The van der Waals surface area contributed by atoms with Gasteiger partial charge in [0.25, 0.3) is 0 Å². The molecule has 1 saturated heterocycles. The lowest BCUT2D eigenvalue weighted by Crippen LogP contribution is -2.49. The summed E-state index contributed by atoms with van der Waals surface area (Å²) < 4.78 is 55.9. The lowest BCUT2D eigenvalue weighted by Gasteiger charge is -2.33. The van der Waals surface area contributed by atoms with Crippen LogP contribution in [0.15, 0.2) is 66.9 Å². The van der Waals surface area contributed by atoms with Crippen molar-refractivity contribution in [2.45, 2.75) is 32.0 Å². The van der Waals surface area contributed by atoms with Gasteiger partial charge in [0, 0.05) is 36.2 Å². The lowest BCUT2D eigenvalue weighted by atomic mass is 9.98. The highest BCUT2D eigenvalue weighted by Crippen LogP contribution is 2.34. The van der Waals surface area contributed by atoms with Crippen LogP contribution < -0.4 is 9.62 Å². The number of likely N-dealkylation sites (tertiary alicyclic amines) is 1. The number of nitrogens with zero attached hydrogens (tertiary/aromatic N) is 4. The third-order valence-corrected chi connectivity index (χ3v) is 8.05. The van der Waals surface area contributed by atoms with Gasteiger partial charge in [-0.25, -0.2) is 36.3 Å². The highest BCUT2D eigenvalue weighted by atomic mass is 32.2. The Hall–Kier alpha value is -4.32. The van der Waals surface area contributed by atoms with E-state index in [1.807, 2.05) is 13.0 Å². The Balaban J connectivity index is 1.46. The zero-order valence-electron chi connectivity index (χ0n) is 22.5. The summed E-state index contributed by atoms with van der Waals surface area (Å²) in [6.45, 7) is 1.90. The molecule has 0 aliphatic carbocycles. The number of halogens is 2. The fourth-order valence-corrected chi connectivity index (χ4v) is 6.16. The number of alkyl halides is 1. The first-order chi connectivity index (χ1) is 19.5. The molecule has 41 heavy (non-hydrogen) atoms. The molecule has 2 N–H and O–H groups in total. The number of benzene rings is 3. The molecular formula is C29H29F2N5O4S. The van der Waals surface area contributed by atoms with Gasteiger partial charge in [0.05, 0.1) is 29.7 Å². The van der Waals surface area contributed by atoms with E-state index in [1.54, 1.807) is 54.7 Å². The number of fused-ring (bicyclic) bond motifs is 1. The van der Waals surface area contributed by atoms with Crippen molar-refractivity contribution in [1.82, 2.24) is 14.9 Å².